The van der Waals surface area contributed by atoms with Crippen molar-refractivity contribution < 1.29 is 13.9 Å². The van der Waals surface area contributed by atoms with Crippen LogP contribution in [0.15, 0.2) is 46.0 Å². The van der Waals surface area contributed by atoms with Crippen molar-refractivity contribution in [2.75, 3.05) is 33.8 Å². The summed E-state index contributed by atoms with van der Waals surface area (Å²) in [6.45, 7) is 6.59. The summed E-state index contributed by atoms with van der Waals surface area (Å²) in [6.07, 6.45) is 2.27. The monoisotopic (exact) mass is 386 g/mol. The van der Waals surface area contributed by atoms with Crippen LogP contribution in [-0.4, -0.2) is 50.6 Å². The van der Waals surface area contributed by atoms with Crippen LogP contribution in [0.3, 0.4) is 0 Å². The Hall–Kier alpha value is -2.96. The van der Waals surface area contributed by atoms with Crippen molar-refractivity contribution >= 4 is 11.9 Å². The van der Waals surface area contributed by atoms with Crippen molar-refractivity contribution in [2.24, 2.45) is 4.99 Å². The number of aliphatic imine (C=N–C) groups is 1. The van der Waals surface area contributed by atoms with Crippen molar-refractivity contribution in [2.45, 2.75) is 26.8 Å². The number of methoxy groups -OCH3 is 1. The maximum absolute atomic E-state index is 12.0. The highest BCUT2D eigenvalue weighted by atomic mass is 16.5. The number of rotatable bonds is 9. The molecule has 0 aliphatic carbocycles. The quantitative estimate of drug-likeness (QED) is 0.394. The van der Waals surface area contributed by atoms with Crippen LogP contribution in [0, 0.1) is 6.92 Å². The van der Waals surface area contributed by atoms with Gasteiger partial charge in [0, 0.05) is 38.8 Å². The lowest BCUT2D eigenvalue weighted by molar-refractivity contribution is 0.0925. The van der Waals surface area contributed by atoms with E-state index in [9.17, 15) is 4.79 Å². The fourth-order valence-electron chi connectivity index (χ4n) is 2.70. The van der Waals surface area contributed by atoms with Crippen LogP contribution in [0.2, 0.25) is 0 Å². The molecule has 0 spiro atoms. The van der Waals surface area contributed by atoms with E-state index in [4.69, 9.17) is 9.15 Å². The maximum atomic E-state index is 12.0. The minimum absolute atomic E-state index is 0.185. The number of furan rings is 1. The van der Waals surface area contributed by atoms with Crippen molar-refractivity contribution in [1.29, 1.82) is 0 Å². The molecule has 0 aliphatic heterocycles. The Morgan fingerprint density at radius 2 is 1.96 bits per heavy atom. The second kappa shape index (κ2) is 11.0. The first kappa shape index (κ1) is 21.3. The van der Waals surface area contributed by atoms with Gasteiger partial charge in [-0.05, 0) is 44.0 Å². The van der Waals surface area contributed by atoms with Crippen LogP contribution >= 0.6 is 0 Å². The van der Waals surface area contributed by atoms with Gasteiger partial charge < -0.3 is 24.7 Å². The first-order valence-corrected chi connectivity index (χ1v) is 9.49. The predicted molar refractivity (Wildman–Crippen MR) is 111 cm³/mol. The summed E-state index contributed by atoms with van der Waals surface area (Å²) in [5.41, 5.74) is 2.01. The Labute approximate surface area is 166 Å². The van der Waals surface area contributed by atoms with Crippen LogP contribution < -0.4 is 15.4 Å². The third kappa shape index (κ3) is 6.33. The van der Waals surface area contributed by atoms with Gasteiger partial charge in [-0.15, -0.1) is 0 Å². The van der Waals surface area contributed by atoms with E-state index in [0.29, 0.717) is 18.8 Å². The summed E-state index contributed by atoms with van der Waals surface area (Å²) in [6, 6.07) is 9.78. The maximum Gasteiger partial charge on any atom is 0.287 e. The minimum atomic E-state index is -0.185. The predicted octanol–water partition coefficient (Wildman–Crippen LogP) is 2.81. The molecular weight excluding hydrogens is 356 g/mol. The van der Waals surface area contributed by atoms with Crippen molar-refractivity contribution in [3.63, 3.8) is 0 Å². The van der Waals surface area contributed by atoms with Gasteiger partial charge >= 0.3 is 0 Å². The molecule has 0 atom stereocenters. The Morgan fingerprint density at radius 1 is 1.21 bits per heavy atom. The van der Waals surface area contributed by atoms with E-state index in [2.05, 4.69) is 20.5 Å². The Bertz CT molecular complexity index is 768. The molecule has 0 saturated carbocycles. The van der Waals surface area contributed by atoms with E-state index in [1.165, 1.54) is 11.8 Å². The number of aryl methyl sites for hydroxylation is 1. The SMILES string of the molecule is CCNC(=NCCCNC(=O)c1occc1C)N(C)Cc1ccc(OC)cc1. The summed E-state index contributed by atoms with van der Waals surface area (Å²) >= 11 is 0. The molecule has 7 heteroatoms. The van der Waals surface area contributed by atoms with E-state index < -0.39 is 0 Å². The number of carbonyl (C=O) groups excluding carboxylic acids is 1. The number of nitrogens with zero attached hydrogens (tertiary/aromatic N) is 2. The van der Waals surface area contributed by atoms with Gasteiger partial charge in [-0.1, -0.05) is 12.1 Å². The number of nitrogens with one attached hydrogen (secondary N) is 2. The second-order valence-electron chi connectivity index (χ2n) is 6.48. The van der Waals surface area contributed by atoms with Crippen LogP contribution in [0.25, 0.3) is 0 Å². The van der Waals surface area contributed by atoms with E-state index in [-0.39, 0.29) is 5.91 Å². The van der Waals surface area contributed by atoms with Gasteiger partial charge in [-0.3, -0.25) is 9.79 Å². The van der Waals surface area contributed by atoms with Gasteiger partial charge in [0.05, 0.1) is 13.4 Å². The molecule has 28 heavy (non-hydrogen) atoms. The number of amides is 1. The van der Waals surface area contributed by atoms with Crippen LogP contribution in [0.4, 0.5) is 0 Å². The lowest BCUT2D eigenvalue weighted by Gasteiger charge is -2.22. The van der Waals surface area contributed by atoms with Crippen LogP contribution in [0.1, 0.15) is 35.0 Å². The first-order chi connectivity index (χ1) is 13.5. The summed E-state index contributed by atoms with van der Waals surface area (Å²) in [4.78, 5) is 18.7. The second-order valence-corrected chi connectivity index (χ2v) is 6.48. The van der Waals surface area contributed by atoms with E-state index in [1.807, 2.05) is 45.2 Å². The molecule has 1 aromatic carbocycles. The smallest absolute Gasteiger partial charge is 0.287 e. The van der Waals surface area contributed by atoms with Gasteiger partial charge in [0.1, 0.15) is 5.75 Å². The molecule has 1 aromatic heterocycles. The van der Waals surface area contributed by atoms with Gasteiger partial charge in [0.15, 0.2) is 11.7 Å². The Morgan fingerprint density at radius 3 is 2.57 bits per heavy atom. The molecule has 2 aromatic rings. The molecule has 0 fully saturated rings. The standard InChI is InChI=1S/C21H30N4O3/c1-5-22-21(25(3)15-17-7-9-18(27-4)10-8-17)24-13-6-12-23-20(26)19-16(2)11-14-28-19/h7-11,14H,5-6,12-13,15H2,1-4H3,(H,22,24)(H,23,26). The summed E-state index contributed by atoms with van der Waals surface area (Å²) in [5.74, 6) is 1.87. The Kier molecular flexibility index (Phi) is 8.39. The highest BCUT2D eigenvalue weighted by Crippen LogP contribution is 2.12. The summed E-state index contributed by atoms with van der Waals surface area (Å²) in [5, 5.41) is 6.17. The molecule has 152 valence electrons. The lowest BCUT2D eigenvalue weighted by atomic mass is 10.2. The fraction of sp³-hybridized carbons (Fsp3) is 0.429. The lowest BCUT2D eigenvalue weighted by Crippen LogP contribution is -2.38. The molecule has 2 N–H and O–H groups in total. The molecule has 1 amide bonds. The number of hydrogen-bond acceptors (Lipinski definition) is 4. The fourth-order valence-corrected chi connectivity index (χ4v) is 2.70. The first-order valence-electron chi connectivity index (χ1n) is 9.49. The zero-order valence-corrected chi connectivity index (χ0v) is 17.1. The molecule has 1 heterocycles. The van der Waals surface area contributed by atoms with Gasteiger partial charge in [-0.25, -0.2) is 0 Å². The average Bonchev–Trinajstić information content (AvgIpc) is 3.13. The van der Waals surface area contributed by atoms with Crippen molar-refractivity contribution in [3.05, 3.63) is 53.5 Å². The third-order valence-electron chi connectivity index (χ3n) is 4.23. The number of guanidine groups is 1. The largest absolute Gasteiger partial charge is 0.497 e. The molecule has 0 bridgehead atoms. The van der Waals surface area contributed by atoms with Crippen LogP contribution in [0.5, 0.6) is 5.75 Å². The molecule has 0 radical (unpaired) electrons. The third-order valence-corrected chi connectivity index (χ3v) is 4.23. The number of carbonyl (C=O) groups is 1. The van der Waals surface area contributed by atoms with E-state index in [1.54, 1.807) is 13.2 Å². The average molecular weight is 386 g/mol. The minimum Gasteiger partial charge on any atom is -0.497 e. The van der Waals surface area contributed by atoms with Crippen LogP contribution in [-0.2, 0) is 6.54 Å². The van der Waals surface area contributed by atoms with Crippen molar-refractivity contribution in [3.8, 4) is 5.75 Å². The Balaban J connectivity index is 1.81. The molecule has 7 nitrogen and oxygen atoms in total. The van der Waals surface area contributed by atoms with Gasteiger partial charge in [0.25, 0.3) is 5.91 Å². The van der Waals surface area contributed by atoms with Crippen molar-refractivity contribution in [1.82, 2.24) is 15.5 Å². The number of benzene rings is 1. The molecule has 0 aliphatic rings. The zero-order valence-electron chi connectivity index (χ0n) is 17.1. The molecular formula is C21H30N4O3. The van der Waals surface area contributed by atoms with Gasteiger partial charge in [0.2, 0.25) is 0 Å². The molecule has 0 saturated heterocycles. The van der Waals surface area contributed by atoms with Gasteiger partial charge in [-0.2, -0.15) is 0 Å². The highest BCUT2D eigenvalue weighted by Gasteiger charge is 2.11. The summed E-state index contributed by atoms with van der Waals surface area (Å²) < 4.78 is 10.4. The van der Waals surface area contributed by atoms with E-state index in [0.717, 1.165) is 36.8 Å². The number of ether oxygens (including phenoxy) is 1. The number of hydrogen-bond donors (Lipinski definition) is 2. The molecule has 2 rings (SSSR count). The highest BCUT2D eigenvalue weighted by molar-refractivity contribution is 5.92. The molecule has 0 unspecified atom stereocenters. The van der Waals surface area contributed by atoms with E-state index >= 15 is 0 Å². The summed E-state index contributed by atoms with van der Waals surface area (Å²) in [7, 11) is 3.67. The zero-order chi connectivity index (χ0) is 20.4. The normalized spacial score (nSPS) is 11.2. The topological polar surface area (TPSA) is 79.1 Å².